The number of nitrogens with zero attached hydrogens (tertiary/aromatic N) is 2. The minimum atomic E-state index is 0.115. The van der Waals surface area contributed by atoms with Crippen LogP contribution in [-0.4, -0.2) is 28.9 Å². The highest BCUT2D eigenvalue weighted by atomic mass is 35.5. The zero-order chi connectivity index (χ0) is 19.8. The fraction of sp³-hybridized carbons (Fsp3) is 0.333. The van der Waals surface area contributed by atoms with Gasteiger partial charge in [-0.2, -0.15) is 0 Å². The molecule has 28 heavy (non-hydrogen) atoms. The van der Waals surface area contributed by atoms with Gasteiger partial charge in [0.1, 0.15) is 0 Å². The molecule has 1 amide bonds. The molecule has 0 bridgehead atoms. The summed E-state index contributed by atoms with van der Waals surface area (Å²) in [6.07, 6.45) is 1.18. The van der Waals surface area contributed by atoms with Crippen LogP contribution >= 0.6 is 11.6 Å². The number of hydrogen-bond acceptors (Lipinski definition) is 2. The lowest BCUT2D eigenvalue weighted by atomic mass is 9.90. The zero-order valence-electron chi connectivity index (χ0n) is 16.6. The van der Waals surface area contributed by atoms with E-state index < -0.39 is 0 Å². The summed E-state index contributed by atoms with van der Waals surface area (Å²) in [6.45, 7) is 8.09. The minimum Gasteiger partial charge on any atom is -0.338 e. The molecule has 1 aliphatic rings. The normalized spacial score (nSPS) is 19.8. The molecular formula is C24H25ClN2O. The van der Waals surface area contributed by atoms with Crippen molar-refractivity contribution in [2.24, 2.45) is 11.8 Å². The number of para-hydroxylation sites is 1. The van der Waals surface area contributed by atoms with Crippen LogP contribution in [0.15, 0.2) is 48.5 Å². The lowest BCUT2D eigenvalue weighted by Gasteiger charge is -2.35. The number of aromatic nitrogens is 1. The van der Waals surface area contributed by atoms with Gasteiger partial charge in [-0.1, -0.05) is 55.8 Å². The van der Waals surface area contributed by atoms with Gasteiger partial charge in [-0.25, -0.2) is 4.98 Å². The smallest absolute Gasteiger partial charge is 0.254 e. The van der Waals surface area contributed by atoms with Crippen LogP contribution in [-0.2, 0) is 0 Å². The van der Waals surface area contributed by atoms with Crippen LogP contribution in [0, 0.1) is 18.8 Å². The first-order chi connectivity index (χ1) is 13.4. The second kappa shape index (κ2) is 7.56. The maximum atomic E-state index is 13.6. The summed E-state index contributed by atoms with van der Waals surface area (Å²) in [5.41, 5.74) is 4.37. The van der Waals surface area contributed by atoms with Gasteiger partial charge in [0.15, 0.2) is 0 Å². The molecule has 1 saturated heterocycles. The zero-order valence-corrected chi connectivity index (χ0v) is 17.3. The third-order valence-corrected chi connectivity index (χ3v) is 5.88. The number of carbonyl (C=O) groups excluding carboxylic acids is 1. The monoisotopic (exact) mass is 392 g/mol. The topological polar surface area (TPSA) is 33.2 Å². The Kier molecular flexibility index (Phi) is 5.11. The molecule has 4 heteroatoms. The standard InChI is InChI=1S/C24H25ClN2O/c1-15-12-16(2)14-27(13-15)24(28)22-17(3)23(18-8-10-19(25)11-9-18)26-21-7-5-4-6-20(21)22/h4-11,15-16H,12-14H2,1-3H3. The van der Waals surface area contributed by atoms with Gasteiger partial charge < -0.3 is 4.90 Å². The van der Waals surface area contributed by atoms with Gasteiger partial charge in [0.2, 0.25) is 0 Å². The summed E-state index contributed by atoms with van der Waals surface area (Å²) in [5.74, 6) is 1.17. The van der Waals surface area contributed by atoms with E-state index in [1.54, 1.807) is 0 Å². The highest BCUT2D eigenvalue weighted by Crippen LogP contribution is 2.32. The molecule has 0 radical (unpaired) electrons. The van der Waals surface area contributed by atoms with Gasteiger partial charge in [-0.3, -0.25) is 4.79 Å². The van der Waals surface area contributed by atoms with Crippen molar-refractivity contribution in [2.75, 3.05) is 13.1 Å². The van der Waals surface area contributed by atoms with E-state index in [0.717, 1.165) is 46.4 Å². The molecule has 3 aromatic rings. The van der Waals surface area contributed by atoms with E-state index in [9.17, 15) is 4.79 Å². The second-order valence-corrected chi connectivity index (χ2v) is 8.58. The van der Waals surface area contributed by atoms with Crippen molar-refractivity contribution in [2.45, 2.75) is 27.2 Å². The molecule has 2 aromatic carbocycles. The van der Waals surface area contributed by atoms with Crippen molar-refractivity contribution < 1.29 is 4.79 Å². The predicted octanol–water partition coefficient (Wildman–Crippen LogP) is 5.98. The summed E-state index contributed by atoms with van der Waals surface area (Å²) in [7, 11) is 0. The molecule has 0 aliphatic carbocycles. The number of hydrogen-bond donors (Lipinski definition) is 0. The number of rotatable bonds is 2. The predicted molar refractivity (Wildman–Crippen MR) is 116 cm³/mol. The van der Waals surface area contributed by atoms with Crippen LogP contribution in [0.25, 0.3) is 22.2 Å². The maximum Gasteiger partial charge on any atom is 0.254 e. The van der Waals surface area contributed by atoms with Gasteiger partial charge in [-0.15, -0.1) is 0 Å². The summed E-state index contributed by atoms with van der Waals surface area (Å²) in [4.78, 5) is 20.5. The Morgan fingerprint density at radius 3 is 2.36 bits per heavy atom. The second-order valence-electron chi connectivity index (χ2n) is 8.14. The van der Waals surface area contributed by atoms with Gasteiger partial charge in [0.25, 0.3) is 5.91 Å². The molecule has 2 unspecified atom stereocenters. The quantitative estimate of drug-likeness (QED) is 0.537. The van der Waals surface area contributed by atoms with Crippen LogP contribution in [0.5, 0.6) is 0 Å². The minimum absolute atomic E-state index is 0.115. The number of carbonyl (C=O) groups is 1. The van der Waals surface area contributed by atoms with Crippen molar-refractivity contribution in [3.63, 3.8) is 0 Å². The van der Waals surface area contributed by atoms with E-state index in [0.29, 0.717) is 16.9 Å². The van der Waals surface area contributed by atoms with Crippen molar-refractivity contribution in [3.8, 4) is 11.3 Å². The summed E-state index contributed by atoms with van der Waals surface area (Å²) >= 11 is 6.06. The largest absolute Gasteiger partial charge is 0.338 e. The Labute approximate surface area is 171 Å². The van der Waals surface area contributed by atoms with Crippen LogP contribution < -0.4 is 0 Å². The van der Waals surface area contributed by atoms with Gasteiger partial charge in [0.05, 0.1) is 16.8 Å². The molecule has 0 saturated carbocycles. The highest BCUT2D eigenvalue weighted by Gasteiger charge is 2.29. The average Bonchev–Trinajstić information content (AvgIpc) is 2.67. The van der Waals surface area contributed by atoms with E-state index in [-0.39, 0.29) is 5.91 Å². The molecule has 4 rings (SSSR count). The number of amides is 1. The number of benzene rings is 2. The van der Waals surface area contributed by atoms with Crippen molar-refractivity contribution in [1.82, 2.24) is 9.88 Å². The number of likely N-dealkylation sites (tertiary alicyclic amines) is 1. The van der Waals surface area contributed by atoms with Crippen LogP contribution in [0.2, 0.25) is 5.02 Å². The van der Waals surface area contributed by atoms with Crippen LogP contribution in [0.3, 0.4) is 0 Å². The highest BCUT2D eigenvalue weighted by molar-refractivity contribution is 6.30. The van der Waals surface area contributed by atoms with E-state index in [1.807, 2.05) is 60.4 Å². The fourth-order valence-corrected chi connectivity index (χ4v) is 4.58. The fourth-order valence-electron chi connectivity index (χ4n) is 4.46. The molecule has 0 spiro atoms. The van der Waals surface area contributed by atoms with Crippen LogP contribution in [0.1, 0.15) is 36.2 Å². The third kappa shape index (κ3) is 3.51. The van der Waals surface area contributed by atoms with Gasteiger partial charge >= 0.3 is 0 Å². The van der Waals surface area contributed by atoms with E-state index in [2.05, 4.69) is 13.8 Å². The lowest BCUT2D eigenvalue weighted by molar-refractivity contribution is 0.0624. The Morgan fingerprint density at radius 1 is 1.04 bits per heavy atom. The Bertz CT molecular complexity index is 1020. The summed E-state index contributed by atoms with van der Waals surface area (Å²) < 4.78 is 0. The Balaban J connectivity index is 1.88. The molecule has 1 fully saturated rings. The van der Waals surface area contributed by atoms with Crippen molar-refractivity contribution in [1.29, 1.82) is 0 Å². The molecule has 2 atom stereocenters. The summed E-state index contributed by atoms with van der Waals surface area (Å²) in [5, 5.41) is 1.61. The molecule has 1 aromatic heterocycles. The number of halogens is 1. The molecule has 144 valence electrons. The van der Waals surface area contributed by atoms with Crippen molar-refractivity contribution in [3.05, 3.63) is 64.7 Å². The Hall–Kier alpha value is -2.39. The number of fused-ring (bicyclic) bond motifs is 1. The molecule has 2 heterocycles. The van der Waals surface area contributed by atoms with E-state index in [4.69, 9.17) is 16.6 Å². The lowest BCUT2D eigenvalue weighted by Crippen LogP contribution is -2.43. The van der Waals surface area contributed by atoms with E-state index in [1.165, 1.54) is 6.42 Å². The van der Waals surface area contributed by atoms with Gasteiger partial charge in [0, 0.05) is 29.1 Å². The van der Waals surface area contributed by atoms with E-state index >= 15 is 0 Å². The van der Waals surface area contributed by atoms with Crippen molar-refractivity contribution >= 4 is 28.4 Å². The maximum absolute atomic E-state index is 13.6. The van der Waals surface area contributed by atoms with Crippen LogP contribution in [0.4, 0.5) is 0 Å². The Morgan fingerprint density at radius 2 is 1.68 bits per heavy atom. The first kappa shape index (κ1) is 18.9. The number of pyridine rings is 1. The third-order valence-electron chi connectivity index (χ3n) is 5.62. The molecule has 0 N–H and O–H groups in total. The summed E-state index contributed by atoms with van der Waals surface area (Å²) in [6, 6.07) is 15.6. The average molecular weight is 393 g/mol. The molecule has 3 nitrogen and oxygen atoms in total. The molecular weight excluding hydrogens is 368 g/mol. The first-order valence-electron chi connectivity index (χ1n) is 9.88. The molecule has 1 aliphatic heterocycles. The first-order valence-corrected chi connectivity index (χ1v) is 10.3. The number of piperidine rings is 1. The van der Waals surface area contributed by atoms with Gasteiger partial charge in [-0.05, 0) is 48.9 Å². The SMILES string of the molecule is Cc1c(-c2ccc(Cl)cc2)nc2ccccc2c1C(=O)N1CC(C)CC(C)C1.